The van der Waals surface area contributed by atoms with Crippen LogP contribution in [-0.4, -0.2) is 17.3 Å². The lowest BCUT2D eigenvalue weighted by Gasteiger charge is -2.28. The molecule has 1 N–H and O–H groups in total. The van der Waals surface area contributed by atoms with Crippen molar-refractivity contribution in [1.29, 1.82) is 0 Å². The van der Waals surface area contributed by atoms with E-state index in [4.69, 9.17) is 11.6 Å². The van der Waals surface area contributed by atoms with Crippen LogP contribution in [-0.2, 0) is 0 Å². The van der Waals surface area contributed by atoms with Gasteiger partial charge >= 0.3 is 0 Å². The second kappa shape index (κ2) is 6.02. The molecule has 1 aromatic rings. The molecular formula is C13H14BrClFNO. The van der Waals surface area contributed by atoms with Crippen LogP contribution in [0.2, 0.25) is 0 Å². The van der Waals surface area contributed by atoms with Gasteiger partial charge in [-0.3, -0.25) is 4.79 Å². The largest absolute Gasteiger partial charge is 0.348 e. The highest BCUT2D eigenvalue weighted by atomic mass is 79.9. The number of carbonyl (C=O) groups is 1. The van der Waals surface area contributed by atoms with Crippen molar-refractivity contribution in [3.8, 4) is 0 Å². The van der Waals surface area contributed by atoms with Crippen molar-refractivity contribution in [2.24, 2.45) is 0 Å². The van der Waals surface area contributed by atoms with Crippen LogP contribution in [0.15, 0.2) is 22.7 Å². The van der Waals surface area contributed by atoms with Gasteiger partial charge in [0.25, 0.3) is 5.91 Å². The molecule has 0 aromatic heterocycles. The highest BCUT2D eigenvalue weighted by Crippen LogP contribution is 2.25. The van der Waals surface area contributed by atoms with Crippen molar-refractivity contribution in [2.45, 2.75) is 37.1 Å². The Labute approximate surface area is 119 Å². The monoisotopic (exact) mass is 333 g/mol. The molecule has 1 saturated carbocycles. The zero-order valence-corrected chi connectivity index (χ0v) is 12.1. The summed E-state index contributed by atoms with van der Waals surface area (Å²) in [5, 5.41) is 2.85. The molecule has 0 heterocycles. The topological polar surface area (TPSA) is 29.1 Å². The standard InChI is InChI=1S/C13H14BrClFNO/c14-12-8(4-3-6-10(12)16)13(18)17-11-7-2-1-5-9(11)15/h3-4,6,9,11H,1-2,5,7H2,(H,17,18). The van der Waals surface area contributed by atoms with E-state index in [-0.39, 0.29) is 21.8 Å². The lowest BCUT2D eigenvalue weighted by molar-refractivity contribution is 0.0927. The number of hydrogen-bond donors (Lipinski definition) is 1. The van der Waals surface area contributed by atoms with Crippen molar-refractivity contribution in [1.82, 2.24) is 5.32 Å². The van der Waals surface area contributed by atoms with Crippen molar-refractivity contribution < 1.29 is 9.18 Å². The highest BCUT2D eigenvalue weighted by molar-refractivity contribution is 9.10. The van der Waals surface area contributed by atoms with E-state index in [9.17, 15) is 9.18 Å². The molecule has 2 rings (SSSR count). The Morgan fingerprint density at radius 3 is 2.83 bits per heavy atom. The molecule has 0 spiro atoms. The van der Waals surface area contributed by atoms with Gasteiger partial charge in [0.2, 0.25) is 0 Å². The first kappa shape index (κ1) is 13.8. The Morgan fingerprint density at radius 1 is 1.39 bits per heavy atom. The van der Waals surface area contributed by atoms with Gasteiger partial charge in [0.05, 0.1) is 15.4 Å². The number of alkyl halides is 1. The average molecular weight is 335 g/mol. The summed E-state index contributed by atoms with van der Waals surface area (Å²) in [5.74, 6) is -0.715. The van der Waals surface area contributed by atoms with Gasteiger partial charge in [-0.2, -0.15) is 0 Å². The fourth-order valence-electron chi connectivity index (χ4n) is 2.17. The Hall–Kier alpha value is -0.610. The summed E-state index contributed by atoms with van der Waals surface area (Å²) < 4.78 is 13.5. The van der Waals surface area contributed by atoms with E-state index >= 15 is 0 Å². The van der Waals surface area contributed by atoms with Gasteiger partial charge in [-0.1, -0.05) is 18.9 Å². The van der Waals surface area contributed by atoms with E-state index < -0.39 is 5.82 Å². The van der Waals surface area contributed by atoms with Crippen molar-refractivity contribution in [2.75, 3.05) is 0 Å². The smallest absolute Gasteiger partial charge is 0.252 e. The number of halogens is 3. The van der Waals surface area contributed by atoms with Gasteiger partial charge in [-0.15, -0.1) is 11.6 Å². The van der Waals surface area contributed by atoms with Gasteiger partial charge in [0, 0.05) is 6.04 Å². The summed E-state index contributed by atoms with van der Waals surface area (Å²) in [5.41, 5.74) is 0.310. The molecule has 1 aromatic carbocycles. The number of rotatable bonds is 2. The lowest BCUT2D eigenvalue weighted by Crippen LogP contribution is -2.42. The maximum absolute atomic E-state index is 13.3. The van der Waals surface area contributed by atoms with Crippen LogP contribution in [0.4, 0.5) is 4.39 Å². The summed E-state index contributed by atoms with van der Waals surface area (Å²) in [6.45, 7) is 0. The molecule has 2 nitrogen and oxygen atoms in total. The Balaban J connectivity index is 2.09. The zero-order valence-electron chi connectivity index (χ0n) is 9.76. The molecule has 0 bridgehead atoms. The third kappa shape index (κ3) is 3.04. The first-order chi connectivity index (χ1) is 8.59. The minimum Gasteiger partial charge on any atom is -0.348 e. The quantitative estimate of drug-likeness (QED) is 0.817. The van der Waals surface area contributed by atoms with Crippen molar-refractivity contribution in [3.63, 3.8) is 0 Å². The maximum atomic E-state index is 13.3. The SMILES string of the molecule is O=C(NC1CCCCC1Cl)c1cccc(F)c1Br. The van der Waals surface area contributed by atoms with Gasteiger partial charge in [0.1, 0.15) is 5.82 Å². The summed E-state index contributed by atoms with van der Waals surface area (Å²) in [6, 6.07) is 4.40. The van der Waals surface area contributed by atoms with Gasteiger partial charge < -0.3 is 5.32 Å². The van der Waals surface area contributed by atoms with E-state index in [0.29, 0.717) is 5.56 Å². The molecule has 98 valence electrons. The minimum atomic E-state index is -0.436. The van der Waals surface area contributed by atoms with Crippen molar-refractivity contribution >= 4 is 33.4 Å². The fraction of sp³-hybridized carbons (Fsp3) is 0.462. The van der Waals surface area contributed by atoms with Crippen LogP contribution in [0.25, 0.3) is 0 Å². The predicted molar refractivity (Wildman–Crippen MR) is 73.5 cm³/mol. The first-order valence-electron chi connectivity index (χ1n) is 5.98. The number of amides is 1. The Morgan fingerprint density at radius 2 is 2.11 bits per heavy atom. The van der Waals surface area contributed by atoms with Gasteiger partial charge in [0.15, 0.2) is 0 Å². The molecule has 2 atom stereocenters. The van der Waals surface area contributed by atoms with Crippen LogP contribution < -0.4 is 5.32 Å². The van der Waals surface area contributed by atoms with E-state index in [1.807, 2.05) is 0 Å². The third-order valence-electron chi connectivity index (χ3n) is 3.19. The number of hydrogen-bond acceptors (Lipinski definition) is 1. The molecule has 0 radical (unpaired) electrons. The fourth-order valence-corrected chi connectivity index (χ4v) is 2.96. The molecule has 1 fully saturated rings. The van der Waals surface area contributed by atoms with Gasteiger partial charge in [-0.25, -0.2) is 4.39 Å². The van der Waals surface area contributed by atoms with Crippen LogP contribution in [0.3, 0.4) is 0 Å². The van der Waals surface area contributed by atoms with Crippen LogP contribution >= 0.6 is 27.5 Å². The van der Waals surface area contributed by atoms with Crippen LogP contribution in [0.1, 0.15) is 36.0 Å². The number of carbonyl (C=O) groups excluding carboxylic acids is 1. The highest BCUT2D eigenvalue weighted by Gasteiger charge is 2.25. The molecule has 0 saturated heterocycles. The maximum Gasteiger partial charge on any atom is 0.252 e. The van der Waals surface area contributed by atoms with Crippen molar-refractivity contribution in [3.05, 3.63) is 34.1 Å². The molecule has 0 aliphatic heterocycles. The Bertz CT molecular complexity index is 455. The molecular weight excluding hydrogens is 321 g/mol. The lowest BCUT2D eigenvalue weighted by atomic mass is 9.94. The minimum absolute atomic E-state index is 0.0249. The van der Waals surface area contributed by atoms with Crippen LogP contribution in [0, 0.1) is 5.82 Å². The zero-order chi connectivity index (χ0) is 13.1. The number of nitrogens with one attached hydrogen (secondary N) is 1. The predicted octanol–water partition coefficient (Wildman–Crippen LogP) is 3.87. The molecule has 1 aliphatic rings. The summed E-state index contributed by atoms with van der Waals surface area (Å²) in [7, 11) is 0. The average Bonchev–Trinajstić information content (AvgIpc) is 2.35. The van der Waals surface area contributed by atoms with E-state index in [1.165, 1.54) is 12.1 Å². The molecule has 5 heteroatoms. The Kier molecular flexibility index (Phi) is 4.62. The molecule has 2 unspecified atom stereocenters. The van der Waals surface area contributed by atoms with E-state index in [1.54, 1.807) is 6.07 Å². The second-order valence-electron chi connectivity index (χ2n) is 4.48. The third-order valence-corrected chi connectivity index (χ3v) is 4.52. The van der Waals surface area contributed by atoms with E-state index in [0.717, 1.165) is 25.7 Å². The number of benzene rings is 1. The first-order valence-corrected chi connectivity index (χ1v) is 7.21. The van der Waals surface area contributed by atoms with E-state index in [2.05, 4.69) is 21.2 Å². The second-order valence-corrected chi connectivity index (χ2v) is 5.84. The molecule has 1 aliphatic carbocycles. The summed E-state index contributed by atoms with van der Waals surface area (Å²) >= 11 is 9.28. The van der Waals surface area contributed by atoms with Crippen LogP contribution in [0.5, 0.6) is 0 Å². The summed E-state index contributed by atoms with van der Waals surface area (Å²) in [4.78, 5) is 12.1. The molecule has 1 amide bonds. The normalized spacial score (nSPS) is 23.7. The van der Waals surface area contributed by atoms with Gasteiger partial charge in [-0.05, 0) is 40.9 Å². The molecule has 18 heavy (non-hydrogen) atoms. The summed E-state index contributed by atoms with van der Waals surface area (Å²) in [6.07, 6.45) is 3.96.